The van der Waals surface area contributed by atoms with E-state index >= 15 is 0 Å². The van der Waals surface area contributed by atoms with Crippen molar-refractivity contribution in [3.05, 3.63) is 68.7 Å². The van der Waals surface area contributed by atoms with Crippen LogP contribution in [0.1, 0.15) is 108 Å². The van der Waals surface area contributed by atoms with E-state index in [-0.39, 0.29) is 35.7 Å². The predicted octanol–water partition coefficient (Wildman–Crippen LogP) is 9.39. The number of carbonyl (C=O) groups is 4. The van der Waals surface area contributed by atoms with Gasteiger partial charge in [0.25, 0.3) is 23.6 Å². The maximum Gasteiger partial charge on any atom is 0.261 e. The molecule has 0 fully saturated rings. The van der Waals surface area contributed by atoms with Crippen LogP contribution >= 0.6 is 23.2 Å². The topological polar surface area (TPSA) is 74.8 Å². The Kier molecular flexibility index (Phi) is 6.87. The molecule has 0 bridgehead atoms. The number of amides is 4. The van der Waals surface area contributed by atoms with Crippen LogP contribution < -0.4 is 0 Å². The van der Waals surface area contributed by atoms with Gasteiger partial charge in [-0.15, -0.1) is 0 Å². The molecule has 0 saturated heterocycles. The molecule has 8 heteroatoms. The Balaban J connectivity index is 1.54. The van der Waals surface area contributed by atoms with E-state index in [2.05, 4.69) is 13.8 Å². The summed E-state index contributed by atoms with van der Waals surface area (Å²) in [6.45, 7) is 7.98. The van der Waals surface area contributed by atoms with E-state index in [4.69, 9.17) is 23.2 Å². The van der Waals surface area contributed by atoms with Gasteiger partial charge in [-0.1, -0.05) is 74.9 Å². The van der Waals surface area contributed by atoms with Gasteiger partial charge >= 0.3 is 0 Å². The Morgan fingerprint density at radius 3 is 1.27 bits per heavy atom. The third-order valence-electron chi connectivity index (χ3n) is 9.64. The fourth-order valence-corrected chi connectivity index (χ4v) is 8.07. The van der Waals surface area contributed by atoms with Crippen molar-refractivity contribution in [2.45, 2.75) is 78.3 Å². The van der Waals surface area contributed by atoms with Crippen molar-refractivity contribution in [2.75, 3.05) is 0 Å². The molecule has 2 heterocycles. The highest BCUT2D eigenvalue weighted by Crippen LogP contribution is 2.50. The van der Waals surface area contributed by atoms with Gasteiger partial charge < -0.3 is 0 Å². The second kappa shape index (κ2) is 10.4. The van der Waals surface area contributed by atoms with E-state index < -0.39 is 0 Å². The lowest BCUT2D eigenvalue weighted by atomic mass is 9.81. The summed E-state index contributed by atoms with van der Waals surface area (Å²) in [6.07, 6.45) is 5.18. The number of halogens is 2. The van der Waals surface area contributed by atoms with Crippen LogP contribution in [0.15, 0.2) is 36.4 Å². The van der Waals surface area contributed by atoms with Crippen LogP contribution in [0.3, 0.4) is 0 Å². The van der Waals surface area contributed by atoms with E-state index in [0.717, 1.165) is 49.3 Å². The van der Waals surface area contributed by atoms with Crippen LogP contribution in [0, 0.1) is 0 Å². The zero-order valence-electron chi connectivity index (χ0n) is 25.1. The molecular formula is C36H32Cl2N2O4. The number of unbranched alkanes of at least 4 members (excludes halogenated alkanes) is 2. The van der Waals surface area contributed by atoms with Crippen LogP contribution in [0.2, 0.25) is 10.0 Å². The largest absolute Gasteiger partial charge is 0.272 e. The second-order valence-corrected chi connectivity index (χ2v) is 13.1. The fourth-order valence-electron chi connectivity index (χ4n) is 7.46. The molecule has 0 aliphatic carbocycles. The second-order valence-electron chi connectivity index (χ2n) is 12.3. The molecule has 2 aliphatic heterocycles. The molecule has 0 spiro atoms. The first-order valence-electron chi connectivity index (χ1n) is 15.5. The van der Waals surface area contributed by atoms with Crippen molar-refractivity contribution in [3.8, 4) is 0 Å². The SMILES string of the molecule is CCCCC(C)N1C(=O)c2ccc3c4c(Cl)cc5c6c(ccc(c7c(Cl)cc(c2c37)C1=O)c64)C(=O)N(C(C)CCCC)C5=O. The molecule has 5 aromatic carbocycles. The number of nitrogens with zero attached hydrogens (tertiary/aromatic N) is 2. The van der Waals surface area contributed by atoms with Crippen molar-refractivity contribution in [2.24, 2.45) is 0 Å². The zero-order chi connectivity index (χ0) is 31.2. The quantitative estimate of drug-likeness (QED) is 0.0976. The average Bonchev–Trinajstić information content (AvgIpc) is 3.00. The standard InChI is InChI=1S/C36H32Cl2N2O4/c1-5-7-9-17(3)39-33(41)21-13-11-19-30-26(38)16-24-28-22(34(42)40(36(24)44)18(4)10-8-6-2)14-12-20(32(28)30)29-25(37)15-23(35(39)43)27(21)31(19)29/h11-18H,5-10H2,1-4H3. The van der Waals surface area contributed by atoms with Gasteiger partial charge in [0, 0.05) is 65.6 Å². The summed E-state index contributed by atoms with van der Waals surface area (Å²) in [5.41, 5.74) is 1.68. The maximum absolute atomic E-state index is 13.9. The minimum Gasteiger partial charge on any atom is -0.272 e. The molecular weight excluding hydrogens is 595 g/mol. The van der Waals surface area contributed by atoms with E-state index in [1.165, 1.54) is 9.80 Å². The van der Waals surface area contributed by atoms with Crippen molar-refractivity contribution in [1.82, 2.24) is 9.80 Å². The van der Waals surface area contributed by atoms with Crippen LogP contribution in [0.25, 0.3) is 43.1 Å². The van der Waals surface area contributed by atoms with E-state index in [0.29, 0.717) is 64.6 Å². The molecule has 224 valence electrons. The van der Waals surface area contributed by atoms with Crippen LogP contribution in [0.4, 0.5) is 0 Å². The first kappa shape index (κ1) is 29.0. The Bertz CT molecular complexity index is 1950. The van der Waals surface area contributed by atoms with Gasteiger partial charge in [-0.25, -0.2) is 0 Å². The smallest absolute Gasteiger partial charge is 0.261 e. The molecule has 0 saturated carbocycles. The van der Waals surface area contributed by atoms with Crippen LogP contribution in [0.5, 0.6) is 0 Å². The third kappa shape index (κ3) is 3.80. The Morgan fingerprint density at radius 2 is 0.909 bits per heavy atom. The molecule has 44 heavy (non-hydrogen) atoms. The normalized spacial score (nSPS) is 16.4. The number of hydrogen-bond donors (Lipinski definition) is 0. The van der Waals surface area contributed by atoms with Crippen LogP contribution in [-0.2, 0) is 0 Å². The molecule has 6 nitrogen and oxygen atoms in total. The van der Waals surface area contributed by atoms with Gasteiger partial charge in [-0.05, 0) is 61.7 Å². The summed E-state index contributed by atoms with van der Waals surface area (Å²) in [5, 5.41) is 6.00. The number of benzene rings is 5. The molecule has 2 aliphatic rings. The Hall–Kier alpha value is -3.74. The number of carbonyl (C=O) groups excluding carboxylic acids is 4. The van der Waals surface area contributed by atoms with Crippen molar-refractivity contribution in [1.29, 1.82) is 0 Å². The van der Waals surface area contributed by atoms with Gasteiger partial charge in [0.2, 0.25) is 0 Å². The van der Waals surface area contributed by atoms with Gasteiger partial charge in [0.05, 0.1) is 11.1 Å². The molecule has 4 amide bonds. The number of fused-ring (bicyclic) bond motifs is 2. The van der Waals surface area contributed by atoms with E-state index in [9.17, 15) is 19.2 Å². The summed E-state index contributed by atoms with van der Waals surface area (Å²) in [6, 6.07) is 10.1. The summed E-state index contributed by atoms with van der Waals surface area (Å²) >= 11 is 14.1. The molecule has 2 unspecified atom stereocenters. The Morgan fingerprint density at radius 1 is 0.545 bits per heavy atom. The van der Waals surface area contributed by atoms with Gasteiger partial charge in [-0.3, -0.25) is 29.0 Å². The maximum atomic E-state index is 13.9. The molecule has 0 aromatic heterocycles. The fraction of sp³-hybridized carbons (Fsp3) is 0.333. The Labute approximate surface area is 265 Å². The summed E-state index contributed by atoms with van der Waals surface area (Å²) in [7, 11) is 0. The molecule has 0 N–H and O–H groups in total. The highest BCUT2D eigenvalue weighted by atomic mass is 35.5. The van der Waals surface area contributed by atoms with Crippen molar-refractivity contribution >= 4 is 89.9 Å². The van der Waals surface area contributed by atoms with Crippen molar-refractivity contribution in [3.63, 3.8) is 0 Å². The monoisotopic (exact) mass is 626 g/mol. The average molecular weight is 628 g/mol. The lowest BCUT2D eigenvalue weighted by molar-refractivity contribution is 0.0527. The third-order valence-corrected chi connectivity index (χ3v) is 10.2. The molecule has 5 aromatic rings. The highest BCUT2D eigenvalue weighted by molar-refractivity contribution is 6.50. The lowest BCUT2D eigenvalue weighted by Crippen LogP contribution is -2.46. The number of hydrogen-bond acceptors (Lipinski definition) is 4. The summed E-state index contributed by atoms with van der Waals surface area (Å²) in [5.74, 6) is -1.34. The molecule has 2 atom stereocenters. The van der Waals surface area contributed by atoms with E-state index in [1.807, 2.05) is 26.0 Å². The minimum absolute atomic E-state index is 0.255. The molecule has 0 radical (unpaired) electrons. The number of rotatable bonds is 8. The first-order valence-corrected chi connectivity index (χ1v) is 16.2. The minimum atomic E-state index is -0.354. The van der Waals surface area contributed by atoms with Gasteiger partial charge in [0.15, 0.2) is 0 Å². The van der Waals surface area contributed by atoms with Gasteiger partial charge in [0.1, 0.15) is 0 Å². The van der Waals surface area contributed by atoms with Gasteiger partial charge in [-0.2, -0.15) is 0 Å². The first-order chi connectivity index (χ1) is 21.1. The van der Waals surface area contributed by atoms with Crippen LogP contribution in [-0.4, -0.2) is 45.5 Å². The van der Waals surface area contributed by atoms with Crippen molar-refractivity contribution < 1.29 is 19.2 Å². The molecule has 7 rings (SSSR count). The predicted molar refractivity (Wildman–Crippen MR) is 177 cm³/mol. The zero-order valence-corrected chi connectivity index (χ0v) is 26.7. The number of imide groups is 2. The summed E-state index contributed by atoms with van der Waals surface area (Å²) < 4.78 is 0. The lowest BCUT2D eigenvalue weighted by Gasteiger charge is -2.34. The highest BCUT2D eigenvalue weighted by Gasteiger charge is 2.40. The summed E-state index contributed by atoms with van der Waals surface area (Å²) in [4.78, 5) is 58.3. The van der Waals surface area contributed by atoms with E-state index in [1.54, 1.807) is 24.3 Å².